The van der Waals surface area contributed by atoms with Gasteiger partial charge in [-0.2, -0.15) is 0 Å². The number of carbonyl (C=O) groups excluding carboxylic acids is 1. The van der Waals surface area contributed by atoms with Crippen LogP contribution in [0.25, 0.3) is 0 Å². The van der Waals surface area contributed by atoms with Crippen molar-refractivity contribution in [3.8, 4) is 0 Å². The summed E-state index contributed by atoms with van der Waals surface area (Å²) in [4.78, 5) is 16.5. The van der Waals surface area contributed by atoms with Gasteiger partial charge >= 0.3 is 0 Å². The number of ether oxygens (including phenoxy) is 1. The molecule has 1 aromatic rings. The highest BCUT2D eigenvalue weighted by molar-refractivity contribution is 5.94. The second-order valence-electron chi connectivity index (χ2n) is 6.48. The maximum absolute atomic E-state index is 13.3. The number of halogens is 1. The molecule has 5 heteroatoms. The Kier molecular flexibility index (Phi) is 6.54. The molecule has 1 heterocycles. The Morgan fingerprint density at radius 1 is 1.35 bits per heavy atom. The fourth-order valence-corrected chi connectivity index (χ4v) is 2.82. The van der Waals surface area contributed by atoms with Gasteiger partial charge in [0, 0.05) is 25.3 Å². The molecule has 0 aliphatic carbocycles. The summed E-state index contributed by atoms with van der Waals surface area (Å²) in [5.41, 5.74) is 1.07. The van der Waals surface area contributed by atoms with E-state index in [9.17, 15) is 9.18 Å². The van der Waals surface area contributed by atoms with Gasteiger partial charge in [0.15, 0.2) is 0 Å². The van der Waals surface area contributed by atoms with Crippen LogP contribution in [0.4, 0.5) is 4.39 Å². The first-order chi connectivity index (χ1) is 11.0. The van der Waals surface area contributed by atoms with E-state index in [1.165, 1.54) is 6.07 Å². The van der Waals surface area contributed by atoms with E-state index in [-0.39, 0.29) is 17.8 Å². The van der Waals surface area contributed by atoms with Crippen molar-refractivity contribution < 1.29 is 13.9 Å². The molecule has 0 aromatic heterocycles. The van der Waals surface area contributed by atoms with Crippen molar-refractivity contribution in [2.24, 2.45) is 0 Å². The number of benzene rings is 1. The lowest BCUT2D eigenvalue weighted by molar-refractivity contribution is 0.00633. The molecule has 1 amide bonds. The summed E-state index contributed by atoms with van der Waals surface area (Å²) in [5, 5.41) is 0. The summed E-state index contributed by atoms with van der Waals surface area (Å²) in [7, 11) is 4.11. The fourth-order valence-electron chi connectivity index (χ4n) is 2.82. The summed E-state index contributed by atoms with van der Waals surface area (Å²) in [6.45, 7) is 4.89. The number of nitrogens with zero attached hydrogens (tertiary/aromatic N) is 2. The highest BCUT2D eigenvalue weighted by Crippen LogP contribution is 2.18. The first-order valence-electron chi connectivity index (χ1n) is 8.29. The van der Waals surface area contributed by atoms with Crippen molar-refractivity contribution in [3.05, 3.63) is 35.1 Å². The Morgan fingerprint density at radius 2 is 2.04 bits per heavy atom. The lowest BCUT2D eigenvalue weighted by atomic mass is 10.1. The number of likely N-dealkylation sites (tertiary alicyclic amines) is 1. The zero-order valence-corrected chi connectivity index (χ0v) is 14.3. The van der Waals surface area contributed by atoms with Gasteiger partial charge in [0.25, 0.3) is 5.91 Å². The van der Waals surface area contributed by atoms with E-state index in [2.05, 4.69) is 19.0 Å². The summed E-state index contributed by atoms with van der Waals surface area (Å²) in [6.07, 6.45) is 3.01. The molecule has 0 unspecified atom stereocenters. The molecule has 0 saturated carbocycles. The van der Waals surface area contributed by atoms with Gasteiger partial charge in [-0.05, 0) is 70.6 Å². The van der Waals surface area contributed by atoms with Gasteiger partial charge in [0.05, 0.1) is 6.10 Å². The molecule has 0 spiro atoms. The number of piperidine rings is 1. The highest BCUT2D eigenvalue weighted by atomic mass is 19.1. The van der Waals surface area contributed by atoms with E-state index in [1.807, 2.05) is 4.90 Å². The quantitative estimate of drug-likeness (QED) is 0.755. The minimum absolute atomic E-state index is 0.0147. The Bertz CT molecular complexity index is 526. The predicted molar refractivity (Wildman–Crippen MR) is 89.2 cm³/mol. The highest BCUT2D eigenvalue weighted by Gasteiger charge is 2.24. The third kappa shape index (κ3) is 5.29. The largest absolute Gasteiger partial charge is 0.378 e. The summed E-state index contributed by atoms with van der Waals surface area (Å²) < 4.78 is 19.2. The van der Waals surface area contributed by atoms with E-state index in [4.69, 9.17) is 4.74 Å². The van der Waals surface area contributed by atoms with Crippen molar-refractivity contribution in [1.82, 2.24) is 9.80 Å². The standard InChI is InChI=1S/C18H27FN2O2/c1-14-13-15(5-6-17(14)19)18(22)21-10-7-16(8-11-21)23-12-4-9-20(2)3/h5-6,13,16H,4,7-12H2,1-3H3. The molecule has 0 bridgehead atoms. The third-order valence-corrected chi connectivity index (χ3v) is 4.24. The summed E-state index contributed by atoms with van der Waals surface area (Å²) >= 11 is 0. The third-order valence-electron chi connectivity index (χ3n) is 4.24. The Morgan fingerprint density at radius 3 is 2.65 bits per heavy atom. The van der Waals surface area contributed by atoms with E-state index in [0.717, 1.165) is 32.4 Å². The van der Waals surface area contributed by atoms with Crippen LogP contribution in [0.2, 0.25) is 0 Å². The van der Waals surface area contributed by atoms with Crippen LogP contribution in [-0.4, -0.2) is 62.1 Å². The van der Waals surface area contributed by atoms with Crippen LogP contribution in [-0.2, 0) is 4.74 Å². The molecule has 0 N–H and O–H groups in total. The Labute approximate surface area is 138 Å². The molecule has 0 atom stereocenters. The van der Waals surface area contributed by atoms with Crippen molar-refractivity contribution >= 4 is 5.91 Å². The topological polar surface area (TPSA) is 32.8 Å². The van der Waals surface area contributed by atoms with Gasteiger partial charge < -0.3 is 14.5 Å². The van der Waals surface area contributed by atoms with Gasteiger partial charge in [0.1, 0.15) is 5.82 Å². The van der Waals surface area contributed by atoms with Crippen molar-refractivity contribution in [1.29, 1.82) is 0 Å². The van der Waals surface area contributed by atoms with E-state index in [0.29, 0.717) is 24.2 Å². The lowest BCUT2D eigenvalue weighted by Gasteiger charge is -2.32. The molecule has 0 radical (unpaired) electrons. The normalized spacial score (nSPS) is 16.1. The minimum atomic E-state index is -0.272. The van der Waals surface area contributed by atoms with Gasteiger partial charge in [-0.15, -0.1) is 0 Å². The monoisotopic (exact) mass is 322 g/mol. The minimum Gasteiger partial charge on any atom is -0.378 e. The number of rotatable bonds is 6. The van der Waals surface area contributed by atoms with E-state index in [1.54, 1.807) is 19.1 Å². The molecule has 23 heavy (non-hydrogen) atoms. The molecular formula is C18H27FN2O2. The zero-order chi connectivity index (χ0) is 16.8. The first kappa shape index (κ1) is 17.9. The lowest BCUT2D eigenvalue weighted by Crippen LogP contribution is -2.41. The number of hydrogen-bond acceptors (Lipinski definition) is 3. The van der Waals surface area contributed by atoms with Crippen LogP contribution < -0.4 is 0 Å². The second kappa shape index (κ2) is 8.41. The smallest absolute Gasteiger partial charge is 0.253 e. The Hall–Kier alpha value is -1.46. The van der Waals surface area contributed by atoms with Gasteiger partial charge in [-0.25, -0.2) is 4.39 Å². The average Bonchev–Trinajstić information content (AvgIpc) is 2.54. The summed E-state index contributed by atoms with van der Waals surface area (Å²) in [6, 6.07) is 4.55. The molecule has 1 aliphatic heterocycles. The number of carbonyl (C=O) groups is 1. The summed E-state index contributed by atoms with van der Waals surface area (Å²) in [5.74, 6) is -0.287. The maximum Gasteiger partial charge on any atom is 0.253 e. The van der Waals surface area contributed by atoms with E-state index >= 15 is 0 Å². The first-order valence-corrected chi connectivity index (χ1v) is 8.29. The number of aryl methyl sites for hydroxylation is 1. The van der Waals surface area contributed by atoms with Crippen molar-refractivity contribution in [2.45, 2.75) is 32.3 Å². The number of amides is 1. The van der Waals surface area contributed by atoms with E-state index < -0.39 is 0 Å². The van der Waals surface area contributed by atoms with Crippen LogP contribution in [0.5, 0.6) is 0 Å². The molecule has 128 valence electrons. The SMILES string of the molecule is Cc1cc(C(=O)N2CCC(OCCCN(C)C)CC2)ccc1F. The molecular weight excluding hydrogens is 295 g/mol. The second-order valence-corrected chi connectivity index (χ2v) is 6.48. The van der Waals surface area contributed by atoms with Gasteiger partial charge in [-0.3, -0.25) is 4.79 Å². The fraction of sp³-hybridized carbons (Fsp3) is 0.611. The zero-order valence-electron chi connectivity index (χ0n) is 14.3. The van der Waals surface area contributed by atoms with Crippen LogP contribution in [0.1, 0.15) is 35.2 Å². The Balaban J connectivity index is 1.77. The molecule has 2 rings (SSSR count). The van der Waals surface area contributed by atoms with Gasteiger partial charge in [0.2, 0.25) is 0 Å². The van der Waals surface area contributed by atoms with Crippen molar-refractivity contribution in [2.75, 3.05) is 40.3 Å². The van der Waals surface area contributed by atoms with Crippen LogP contribution in [0.15, 0.2) is 18.2 Å². The van der Waals surface area contributed by atoms with Crippen LogP contribution >= 0.6 is 0 Å². The molecule has 1 saturated heterocycles. The van der Waals surface area contributed by atoms with Gasteiger partial charge in [-0.1, -0.05) is 0 Å². The molecule has 1 aromatic carbocycles. The average molecular weight is 322 g/mol. The molecule has 1 fully saturated rings. The predicted octanol–water partition coefficient (Wildman–Crippen LogP) is 2.71. The number of hydrogen-bond donors (Lipinski definition) is 0. The van der Waals surface area contributed by atoms with Crippen molar-refractivity contribution in [3.63, 3.8) is 0 Å². The molecule has 1 aliphatic rings. The maximum atomic E-state index is 13.3. The van der Waals surface area contributed by atoms with Crippen LogP contribution in [0, 0.1) is 12.7 Å². The molecule has 4 nitrogen and oxygen atoms in total. The van der Waals surface area contributed by atoms with Crippen LogP contribution in [0.3, 0.4) is 0 Å².